The van der Waals surface area contributed by atoms with Crippen LogP contribution in [0.15, 0.2) is 48.5 Å². The Morgan fingerprint density at radius 1 is 1.00 bits per heavy atom. The van der Waals surface area contributed by atoms with Crippen molar-refractivity contribution < 1.29 is 4.74 Å². The van der Waals surface area contributed by atoms with Crippen LogP contribution in [0.25, 0.3) is 0 Å². The second-order valence-electron chi connectivity index (χ2n) is 5.35. The number of rotatable bonds is 4. The lowest BCUT2D eigenvalue weighted by Crippen LogP contribution is -2.05. The molecule has 104 valence electrons. The highest BCUT2D eigenvalue weighted by Crippen LogP contribution is 2.41. The van der Waals surface area contributed by atoms with E-state index < -0.39 is 0 Å². The van der Waals surface area contributed by atoms with E-state index in [-0.39, 0.29) is 0 Å². The Labute approximate surface area is 129 Å². The van der Waals surface area contributed by atoms with E-state index in [0.29, 0.717) is 10.7 Å². The van der Waals surface area contributed by atoms with Crippen LogP contribution in [-0.2, 0) is 18.0 Å². The third-order valence-corrected chi connectivity index (χ3v) is 5.25. The Morgan fingerprint density at radius 2 is 1.75 bits per heavy atom. The zero-order chi connectivity index (χ0) is 13.9. The fourth-order valence-corrected chi connectivity index (χ4v) is 3.87. The Balaban J connectivity index is 1.89. The predicted octanol–water partition coefficient (Wildman–Crippen LogP) is 5.35. The molecule has 1 aliphatic heterocycles. The molecule has 0 saturated carbocycles. The van der Waals surface area contributed by atoms with Crippen LogP contribution in [0, 0.1) is 0 Å². The maximum Gasteiger partial charge on any atom is 0.0725 e. The molecule has 0 bridgehead atoms. The van der Waals surface area contributed by atoms with E-state index in [1.54, 1.807) is 0 Å². The summed E-state index contributed by atoms with van der Waals surface area (Å²) in [5.41, 5.74) is 5.43. The van der Waals surface area contributed by atoms with Gasteiger partial charge in [-0.3, -0.25) is 0 Å². The summed E-state index contributed by atoms with van der Waals surface area (Å²) in [5, 5.41) is 0. The molecule has 2 unspecified atom stereocenters. The quantitative estimate of drug-likeness (QED) is 0.687. The fourth-order valence-electron chi connectivity index (χ4n) is 2.91. The number of benzene rings is 2. The molecule has 0 amide bonds. The molecule has 1 heterocycles. The van der Waals surface area contributed by atoms with Gasteiger partial charge < -0.3 is 4.74 Å². The standard InChI is InChI=1S/C18H19BrO/c1-2-17(13-6-4-3-5-7-13)18(19)14-8-9-15-11-20-12-16(15)10-14/h3-10,17-18H,2,11-12H2,1H3. The largest absolute Gasteiger partial charge is 0.372 e. The molecule has 0 aromatic heterocycles. The van der Waals surface area contributed by atoms with E-state index in [0.717, 1.165) is 19.6 Å². The maximum atomic E-state index is 5.51. The number of alkyl halides is 1. The molecule has 0 N–H and O–H groups in total. The van der Waals surface area contributed by atoms with Crippen molar-refractivity contribution >= 4 is 15.9 Å². The molecule has 0 saturated heterocycles. The van der Waals surface area contributed by atoms with E-state index in [1.807, 2.05) is 0 Å². The predicted molar refractivity (Wildman–Crippen MR) is 86.1 cm³/mol. The number of hydrogen-bond acceptors (Lipinski definition) is 1. The van der Waals surface area contributed by atoms with Crippen LogP contribution in [-0.4, -0.2) is 0 Å². The second kappa shape index (κ2) is 6.11. The van der Waals surface area contributed by atoms with Gasteiger partial charge in [-0.05, 0) is 28.7 Å². The van der Waals surface area contributed by atoms with E-state index in [1.165, 1.54) is 22.3 Å². The summed E-state index contributed by atoms with van der Waals surface area (Å²) >= 11 is 3.92. The Kier molecular flexibility index (Phi) is 4.23. The van der Waals surface area contributed by atoms with Crippen molar-refractivity contribution in [1.29, 1.82) is 0 Å². The summed E-state index contributed by atoms with van der Waals surface area (Å²) in [5.74, 6) is 0.497. The zero-order valence-corrected chi connectivity index (χ0v) is 13.3. The van der Waals surface area contributed by atoms with Gasteiger partial charge in [-0.1, -0.05) is 71.4 Å². The normalized spacial score (nSPS) is 16.7. The van der Waals surface area contributed by atoms with Crippen molar-refractivity contribution in [2.45, 2.75) is 37.3 Å². The molecule has 2 aromatic carbocycles. The molecule has 0 aliphatic carbocycles. The summed E-state index contributed by atoms with van der Waals surface area (Å²) in [7, 11) is 0. The van der Waals surface area contributed by atoms with Crippen LogP contribution < -0.4 is 0 Å². The minimum absolute atomic E-state index is 0.348. The highest BCUT2D eigenvalue weighted by molar-refractivity contribution is 9.09. The molecular weight excluding hydrogens is 312 g/mol. The van der Waals surface area contributed by atoms with Gasteiger partial charge in [-0.15, -0.1) is 0 Å². The smallest absolute Gasteiger partial charge is 0.0725 e. The lowest BCUT2D eigenvalue weighted by atomic mass is 9.89. The third-order valence-electron chi connectivity index (χ3n) is 4.08. The third kappa shape index (κ3) is 2.68. The van der Waals surface area contributed by atoms with E-state index in [2.05, 4.69) is 71.4 Å². The molecule has 1 nitrogen and oxygen atoms in total. The second-order valence-corrected chi connectivity index (χ2v) is 6.33. The lowest BCUT2D eigenvalue weighted by molar-refractivity contribution is 0.134. The summed E-state index contributed by atoms with van der Waals surface area (Å²) in [6, 6.07) is 17.5. The van der Waals surface area contributed by atoms with Crippen LogP contribution in [0.2, 0.25) is 0 Å². The Hall–Kier alpha value is -1.12. The van der Waals surface area contributed by atoms with Crippen LogP contribution >= 0.6 is 15.9 Å². The van der Waals surface area contributed by atoms with Crippen molar-refractivity contribution in [2.75, 3.05) is 0 Å². The number of hydrogen-bond donors (Lipinski definition) is 0. The van der Waals surface area contributed by atoms with Crippen molar-refractivity contribution in [3.63, 3.8) is 0 Å². The first-order valence-electron chi connectivity index (χ1n) is 7.18. The van der Waals surface area contributed by atoms with Gasteiger partial charge in [-0.2, -0.15) is 0 Å². The lowest BCUT2D eigenvalue weighted by Gasteiger charge is -2.22. The van der Waals surface area contributed by atoms with Crippen LogP contribution in [0.3, 0.4) is 0 Å². The first-order valence-corrected chi connectivity index (χ1v) is 8.09. The summed E-state index contributed by atoms with van der Waals surface area (Å²) < 4.78 is 5.51. The van der Waals surface area contributed by atoms with E-state index in [9.17, 15) is 0 Å². The average Bonchev–Trinajstić information content (AvgIpc) is 2.96. The van der Waals surface area contributed by atoms with Crippen molar-refractivity contribution in [3.05, 3.63) is 70.8 Å². The number of halogens is 1. The van der Waals surface area contributed by atoms with Crippen molar-refractivity contribution in [2.24, 2.45) is 0 Å². The molecular formula is C18H19BrO. The molecule has 2 atom stereocenters. The van der Waals surface area contributed by atoms with Crippen LogP contribution in [0.1, 0.15) is 46.3 Å². The van der Waals surface area contributed by atoms with Gasteiger partial charge in [0.2, 0.25) is 0 Å². The van der Waals surface area contributed by atoms with Gasteiger partial charge in [-0.25, -0.2) is 0 Å². The topological polar surface area (TPSA) is 9.23 Å². The molecule has 3 rings (SSSR count). The van der Waals surface area contributed by atoms with Crippen molar-refractivity contribution in [1.82, 2.24) is 0 Å². The first kappa shape index (κ1) is 13.8. The molecule has 20 heavy (non-hydrogen) atoms. The summed E-state index contributed by atoms with van der Waals surface area (Å²) in [6.07, 6.45) is 1.12. The molecule has 0 radical (unpaired) electrons. The monoisotopic (exact) mass is 330 g/mol. The zero-order valence-electron chi connectivity index (χ0n) is 11.7. The van der Waals surface area contributed by atoms with Gasteiger partial charge in [0.1, 0.15) is 0 Å². The van der Waals surface area contributed by atoms with Gasteiger partial charge in [0.25, 0.3) is 0 Å². The van der Waals surface area contributed by atoms with Gasteiger partial charge in [0.05, 0.1) is 13.2 Å². The number of fused-ring (bicyclic) bond motifs is 1. The molecule has 2 heteroatoms. The average molecular weight is 331 g/mol. The van der Waals surface area contributed by atoms with Gasteiger partial charge >= 0.3 is 0 Å². The van der Waals surface area contributed by atoms with E-state index in [4.69, 9.17) is 4.74 Å². The molecule has 0 fully saturated rings. The summed E-state index contributed by atoms with van der Waals surface area (Å²) in [4.78, 5) is 0.348. The minimum Gasteiger partial charge on any atom is -0.372 e. The van der Waals surface area contributed by atoms with Crippen LogP contribution in [0.4, 0.5) is 0 Å². The minimum atomic E-state index is 0.348. The SMILES string of the molecule is CCC(c1ccccc1)C(Br)c1ccc2c(c1)COC2. The Bertz CT molecular complexity index is 579. The van der Waals surface area contributed by atoms with Crippen molar-refractivity contribution in [3.8, 4) is 0 Å². The van der Waals surface area contributed by atoms with Gasteiger partial charge in [0.15, 0.2) is 0 Å². The fraction of sp³-hybridized carbons (Fsp3) is 0.333. The Morgan fingerprint density at radius 3 is 2.50 bits per heavy atom. The highest BCUT2D eigenvalue weighted by Gasteiger charge is 2.22. The summed E-state index contributed by atoms with van der Waals surface area (Å²) in [6.45, 7) is 3.77. The highest BCUT2D eigenvalue weighted by atomic mass is 79.9. The maximum absolute atomic E-state index is 5.51. The first-order chi connectivity index (χ1) is 9.79. The number of ether oxygens (including phenoxy) is 1. The van der Waals surface area contributed by atoms with Crippen LogP contribution in [0.5, 0.6) is 0 Å². The molecule has 1 aliphatic rings. The van der Waals surface area contributed by atoms with Gasteiger partial charge in [0, 0.05) is 10.7 Å². The molecule has 0 spiro atoms. The molecule has 2 aromatic rings. The van der Waals surface area contributed by atoms with E-state index >= 15 is 0 Å².